The molecule has 2 rings (SSSR count). The van der Waals surface area contributed by atoms with Gasteiger partial charge in [-0.25, -0.2) is 4.79 Å². The molecule has 1 amide bonds. The van der Waals surface area contributed by atoms with Crippen molar-refractivity contribution < 1.29 is 9.90 Å². The second-order valence-corrected chi connectivity index (χ2v) is 4.95. The van der Waals surface area contributed by atoms with Crippen LogP contribution in [0.3, 0.4) is 0 Å². The Balaban J connectivity index is 2.38. The number of para-hydroxylation sites is 2. The Morgan fingerprint density at radius 3 is 2.55 bits per heavy atom. The van der Waals surface area contributed by atoms with Crippen LogP contribution in [-0.4, -0.2) is 44.7 Å². The van der Waals surface area contributed by atoms with E-state index >= 15 is 0 Å². The minimum Gasteiger partial charge on any atom is -0.394 e. The number of aryl methyl sites for hydroxylation is 1. The number of aromatic nitrogens is 2. The summed E-state index contributed by atoms with van der Waals surface area (Å²) in [5.74, 6) is -0.204. The van der Waals surface area contributed by atoms with Crippen molar-refractivity contribution in [3.63, 3.8) is 0 Å². The minimum absolute atomic E-state index is 0.0268. The van der Waals surface area contributed by atoms with Crippen LogP contribution < -0.4 is 5.69 Å². The lowest BCUT2D eigenvalue weighted by atomic mass is 10.3. The summed E-state index contributed by atoms with van der Waals surface area (Å²) in [5.41, 5.74) is 1.31. The Hall–Kier alpha value is -2.08. The average molecular weight is 277 g/mol. The summed E-state index contributed by atoms with van der Waals surface area (Å²) < 4.78 is 2.98. The number of rotatable bonds is 4. The fourth-order valence-corrected chi connectivity index (χ4v) is 2.13. The maximum Gasteiger partial charge on any atom is 0.329 e. The molecule has 0 bridgehead atoms. The monoisotopic (exact) mass is 277 g/mol. The van der Waals surface area contributed by atoms with E-state index in [2.05, 4.69) is 0 Å². The Bertz CT molecular complexity index is 687. The number of hydrogen-bond acceptors (Lipinski definition) is 3. The van der Waals surface area contributed by atoms with Crippen molar-refractivity contribution in [2.75, 3.05) is 13.7 Å². The normalized spacial score (nSPS) is 12.6. The fourth-order valence-electron chi connectivity index (χ4n) is 2.13. The van der Waals surface area contributed by atoms with Gasteiger partial charge in [0.25, 0.3) is 0 Å². The Labute approximate surface area is 116 Å². The number of hydrogen-bond donors (Lipinski definition) is 1. The molecule has 0 aliphatic rings. The Morgan fingerprint density at radius 2 is 1.95 bits per heavy atom. The molecule has 6 nitrogen and oxygen atoms in total. The van der Waals surface area contributed by atoms with Gasteiger partial charge in [-0.3, -0.25) is 13.9 Å². The lowest BCUT2D eigenvalue weighted by molar-refractivity contribution is -0.133. The van der Waals surface area contributed by atoms with Crippen molar-refractivity contribution in [3.05, 3.63) is 34.7 Å². The van der Waals surface area contributed by atoms with E-state index in [9.17, 15) is 9.59 Å². The molecule has 0 fully saturated rings. The van der Waals surface area contributed by atoms with Gasteiger partial charge in [0, 0.05) is 14.1 Å². The largest absolute Gasteiger partial charge is 0.394 e. The van der Waals surface area contributed by atoms with Gasteiger partial charge in [0.15, 0.2) is 0 Å². The highest BCUT2D eigenvalue weighted by Crippen LogP contribution is 2.11. The molecule has 0 aliphatic heterocycles. The van der Waals surface area contributed by atoms with Crippen molar-refractivity contribution in [1.82, 2.24) is 14.0 Å². The summed E-state index contributed by atoms with van der Waals surface area (Å²) in [6.45, 7) is 1.62. The van der Waals surface area contributed by atoms with E-state index in [0.717, 1.165) is 11.0 Å². The van der Waals surface area contributed by atoms with Crippen LogP contribution in [-0.2, 0) is 18.4 Å². The van der Waals surface area contributed by atoms with Gasteiger partial charge in [-0.1, -0.05) is 12.1 Å². The van der Waals surface area contributed by atoms with Gasteiger partial charge >= 0.3 is 5.69 Å². The standard InChI is InChI=1S/C14H19N3O3/c1-10(9-18)15(2)13(19)8-17-12-7-5-4-6-11(12)16(3)14(17)20/h4-7,10,18H,8-9H2,1-3H3. The van der Waals surface area contributed by atoms with Crippen molar-refractivity contribution in [2.24, 2.45) is 7.05 Å². The molecule has 0 spiro atoms. The maximum absolute atomic E-state index is 12.2. The number of aliphatic hydroxyl groups excluding tert-OH is 1. The van der Waals surface area contributed by atoms with Crippen LogP contribution >= 0.6 is 0 Å². The number of imidazole rings is 1. The van der Waals surface area contributed by atoms with Crippen LogP contribution in [0.2, 0.25) is 0 Å². The Morgan fingerprint density at radius 1 is 1.35 bits per heavy atom. The third kappa shape index (κ3) is 2.34. The minimum atomic E-state index is -0.270. The first-order chi connectivity index (χ1) is 9.47. The van der Waals surface area contributed by atoms with Gasteiger partial charge in [-0.2, -0.15) is 0 Å². The number of nitrogens with zero attached hydrogens (tertiary/aromatic N) is 3. The molecule has 1 aromatic carbocycles. The first-order valence-corrected chi connectivity index (χ1v) is 6.48. The molecule has 0 radical (unpaired) electrons. The van der Waals surface area contributed by atoms with Crippen molar-refractivity contribution in [2.45, 2.75) is 19.5 Å². The molecule has 1 N–H and O–H groups in total. The summed E-state index contributed by atoms with van der Waals surface area (Å²) in [6, 6.07) is 7.08. The van der Waals surface area contributed by atoms with Gasteiger partial charge in [-0.05, 0) is 19.1 Å². The van der Waals surface area contributed by atoms with Crippen LogP contribution in [0, 0.1) is 0 Å². The second-order valence-electron chi connectivity index (χ2n) is 4.95. The third-order valence-corrected chi connectivity index (χ3v) is 3.66. The van der Waals surface area contributed by atoms with Crippen molar-refractivity contribution >= 4 is 16.9 Å². The molecular formula is C14H19N3O3. The van der Waals surface area contributed by atoms with Gasteiger partial charge < -0.3 is 10.0 Å². The number of fused-ring (bicyclic) bond motifs is 1. The van der Waals surface area contributed by atoms with Crippen molar-refractivity contribution in [1.29, 1.82) is 0 Å². The predicted molar refractivity (Wildman–Crippen MR) is 76.5 cm³/mol. The first-order valence-electron chi connectivity index (χ1n) is 6.48. The molecule has 2 aromatic rings. The molecule has 0 aliphatic carbocycles. The van der Waals surface area contributed by atoms with Gasteiger partial charge in [0.1, 0.15) is 6.54 Å². The number of carbonyl (C=O) groups excluding carboxylic acids is 1. The quantitative estimate of drug-likeness (QED) is 0.867. The molecule has 1 heterocycles. The van der Waals surface area contributed by atoms with E-state index in [1.807, 2.05) is 24.3 Å². The molecule has 1 unspecified atom stereocenters. The molecule has 0 saturated heterocycles. The SMILES string of the molecule is CC(CO)N(C)C(=O)Cn1c(=O)n(C)c2ccccc21. The van der Waals surface area contributed by atoms with Crippen LogP contribution in [0.25, 0.3) is 11.0 Å². The van der Waals surface area contributed by atoms with E-state index < -0.39 is 0 Å². The van der Waals surface area contributed by atoms with Gasteiger partial charge in [0.2, 0.25) is 5.91 Å². The summed E-state index contributed by atoms with van der Waals surface area (Å²) in [4.78, 5) is 25.8. The number of likely N-dealkylation sites (N-methyl/N-ethyl adjacent to an activating group) is 1. The highest BCUT2D eigenvalue weighted by molar-refractivity contribution is 5.81. The molecule has 6 heteroatoms. The fraction of sp³-hybridized carbons (Fsp3) is 0.429. The zero-order valence-corrected chi connectivity index (χ0v) is 11.9. The van der Waals surface area contributed by atoms with E-state index in [1.54, 1.807) is 21.0 Å². The highest BCUT2D eigenvalue weighted by Gasteiger charge is 2.18. The number of carbonyl (C=O) groups is 1. The van der Waals surface area contributed by atoms with Gasteiger partial charge in [-0.15, -0.1) is 0 Å². The predicted octanol–water partition coefficient (Wildman–Crippen LogP) is 0.179. The summed E-state index contributed by atoms with van der Waals surface area (Å²) >= 11 is 0. The highest BCUT2D eigenvalue weighted by atomic mass is 16.3. The zero-order valence-electron chi connectivity index (χ0n) is 11.9. The third-order valence-electron chi connectivity index (χ3n) is 3.66. The molecule has 108 valence electrons. The average Bonchev–Trinajstić information content (AvgIpc) is 2.71. The molecule has 1 atom stereocenters. The van der Waals surface area contributed by atoms with Crippen molar-refractivity contribution in [3.8, 4) is 0 Å². The molecule has 1 aromatic heterocycles. The van der Waals surface area contributed by atoms with E-state index in [4.69, 9.17) is 5.11 Å². The van der Waals surface area contributed by atoms with Crippen LogP contribution in [0.1, 0.15) is 6.92 Å². The number of amides is 1. The zero-order chi connectivity index (χ0) is 14.9. The van der Waals surface area contributed by atoms with E-state index in [1.165, 1.54) is 14.0 Å². The van der Waals surface area contributed by atoms with Crippen LogP contribution in [0.4, 0.5) is 0 Å². The summed E-state index contributed by atoms with van der Waals surface area (Å²) in [7, 11) is 3.31. The lowest BCUT2D eigenvalue weighted by Gasteiger charge is -2.23. The topological polar surface area (TPSA) is 67.5 Å². The van der Waals surface area contributed by atoms with E-state index in [-0.39, 0.29) is 30.8 Å². The maximum atomic E-state index is 12.2. The molecule has 20 heavy (non-hydrogen) atoms. The van der Waals surface area contributed by atoms with Crippen LogP contribution in [0.5, 0.6) is 0 Å². The van der Waals surface area contributed by atoms with Gasteiger partial charge in [0.05, 0.1) is 23.7 Å². The lowest BCUT2D eigenvalue weighted by Crippen LogP contribution is -2.40. The summed E-state index contributed by atoms with van der Waals surface area (Å²) in [5, 5.41) is 9.08. The van der Waals surface area contributed by atoms with Crippen LogP contribution in [0.15, 0.2) is 29.1 Å². The summed E-state index contributed by atoms with van der Waals surface area (Å²) in [6.07, 6.45) is 0. The van der Waals surface area contributed by atoms with E-state index in [0.29, 0.717) is 0 Å². The first kappa shape index (κ1) is 14.3. The smallest absolute Gasteiger partial charge is 0.329 e. The molecule has 0 saturated carbocycles. The molecular weight excluding hydrogens is 258 g/mol. The second kappa shape index (κ2) is 5.50. The Kier molecular flexibility index (Phi) is 3.94. The number of aliphatic hydroxyl groups is 1. The number of benzene rings is 1.